The van der Waals surface area contributed by atoms with E-state index in [1.165, 1.54) is 11.8 Å². The van der Waals surface area contributed by atoms with Crippen molar-refractivity contribution in [3.05, 3.63) is 39.0 Å². The van der Waals surface area contributed by atoms with Gasteiger partial charge in [0, 0.05) is 22.5 Å². The molecule has 2 rings (SSSR count). The van der Waals surface area contributed by atoms with E-state index in [0.717, 1.165) is 12.1 Å². The van der Waals surface area contributed by atoms with Crippen LogP contribution in [0.15, 0.2) is 26.4 Å². The molecule has 0 saturated heterocycles. The van der Waals surface area contributed by atoms with Gasteiger partial charge in [-0.05, 0) is 52.5 Å². The zero-order valence-corrected chi connectivity index (χ0v) is 18.2. The van der Waals surface area contributed by atoms with Gasteiger partial charge >= 0.3 is 6.18 Å². The Kier molecular flexibility index (Phi) is 6.85. The fourth-order valence-electron chi connectivity index (χ4n) is 2.55. The van der Waals surface area contributed by atoms with Crippen LogP contribution in [-0.4, -0.2) is 15.1 Å². The summed E-state index contributed by atoms with van der Waals surface area (Å²) >= 11 is -0.203. The van der Waals surface area contributed by atoms with E-state index in [2.05, 4.69) is 4.72 Å². The molecule has 0 fully saturated rings. The predicted octanol–water partition coefficient (Wildman–Crippen LogP) is 5.35. The summed E-state index contributed by atoms with van der Waals surface area (Å²) in [5.74, 6) is 0.646. The van der Waals surface area contributed by atoms with Crippen LogP contribution in [0.25, 0.3) is 11.0 Å². The van der Waals surface area contributed by atoms with Crippen LogP contribution in [-0.2, 0) is 17.5 Å². The van der Waals surface area contributed by atoms with Gasteiger partial charge in [0.15, 0.2) is 10.5 Å². The minimum Gasteiger partial charge on any atom is -0.598 e. The molecule has 1 aromatic carbocycles. The van der Waals surface area contributed by atoms with Crippen molar-refractivity contribution in [2.75, 3.05) is 5.75 Å². The minimum atomic E-state index is -4.62. The van der Waals surface area contributed by atoms with Crippen molar-refractivity contribution in [2.45, 2.75) is 63.6 Å². The van der Waals surface area contributed by atoms with Gasteiger partial charge in [-0.1, -0.05) is 18.7 Å². The lowest BCUT2D eigenvalue weighted by Gasteiger charge is -2.27. The van der Waals surface area contributed by atoms with E-state index in [-0.39, 0.29) is 22.1 Å². The van der Waals surface area contributed by atoms with E-state index in [1.54, 1.807) is 34.6 Å². The first kappa shape index (κ1) is 23.1. The molecule has 0 spiro atoms. The molecule has 0 aliphatic heterocycles. The van der Waals surface area contributed by atoms with Crippen LogP contribution in [0.3, 0.4) is 0 Å². The number of benzene rings is 1. The lowest BCUT2D eigenvalue weighted by atomic mass is 10.0. The fraction of sp³-hybridized carbons (Fsp3) is 0.526. The first-order valence-corrected chi connectivity index (χ1v) is 10.9. The average Bonchev–Trinajstić information content (AvgIpc) is 2.57. The number of alkyl halides is 3. The maximum Gasteiger partial charge on any atom is 0.416 e. The van der Waals surface area contributed by atoms with Crippen LogP contribution in [0.5, 0.6) is 0 Å². The molecular formula is C19H24F3NO3S2. The second-order valence-electron chi connectivity index (χ2n) is 7.44. The van der Waals surface area contributed by atoms with E-state index in [0.29, 0.717) is 10.8 Å². The highest BCUT2D eigenvalue weighted by Crippen LogP contribution is 2.36. The van der Waals surface area contributed by atoms with Crippen LogP contribution >= 0.6 is 11.8 Å². The molecule has 28 heavy (non-hydrogen) atoms. The molecule has 2 aromatic rings. The highest BCUT2D eigenvalue weighted by Gasteiger charge is 2.35. The third-order valence-corrected chi connectivity index (χ3v) is 6.73. The molecule has 1 heterocycles. The molecule has 0 aliphatic carbocycles. The first-order valence-electron chi connectivity index (χ1n) is 8.76. The van der Waals surface area contributed by atoms with E-state index in [1.807, 2.05) is 6.92 Å². The number of hydrogen-bond donors (Lipinski definition) is 1. The average molecular weight is 436 g/mol. The van der Waals surface area contributed by atoms with Gasteiger partial charge in [-0.2, -0.15) is 13.2 Å². The van der Waals surface area contributed by atoms with Crippen molar-refractivity contribution in [2.24, 2.45) is 0 Å². The Bertz CT molecular complexity index is 920. The number of hydrogen-bond acceptors (Lipinski definition) is 5. The Morgan fingerprint density at radius 2 is 1.89 bits per heavy atom. The number of rotatable bonds is 5. The highest BCUT2D eigenvalue weighted by atomic mass is 32.2. The molecule has 1 unspecified atom stereocenters. The van der Waals surface area contributed by atoms with Crippen molar-refractivity contribution in [3.8, 4) is 0 Å². The van der Waals surface area contributed by atoms with Gasteiger partial charge in [-0.3, -0.25) is 4.79 Å². The Balaban J connectivity index is 2.75. The lowest BCUT2D eigenvalue weighted by Crippen LogP contribution is -2.40. The van der Waals surface area contributed by atoms with Gasteiger partial charge < -0.3 is 8.97 Å². The van der Waals surface area contributed by atoms with Crippen LogP contribution in [0.4, 0.5) is 13.2 Å². The monoisotopic (exact) mass is 435 g/mol. The Hall–Kier alpha value is -1.16. The molecule has 9 heteroatoms. The maximum atomic E-state index is 13.4. The quantitative estimate of drug-likeness (QED) is 0.507. The molecule has 1 aromatic heterocycles. The van der Waals surface area contributed by atoms with Crippen LogP contribution in [0.2, 0.25) is 0 Å². The minimum absolute atomic E-state index is 0.0884. The van der Waals surface area contributed by atoms with Crippen molar-refractivity contribution in [1.29, 1.82) is 0 Å². The number of fused-ring (bicyclic) bond motifs is 1. The molecule has 2 atom stereocenters. The summed E-state index contributed by atoms with van der Waals surface area (Å²) in [7, 11) is 0. The molecule has 0 radical (unpaired) electrons. The van der Waals surface area contributed by atoms with E-state index < -0.39 is 39.3 Å². The summed E-state index contributed by atoms with van der Waals surface area (Å²) in [6.07, 6.45) is -4.62. The number of thioether (sulfide) groups is 1. The Morgan fingerprint density at radius 3 is 2.39 bits per heavy atom. The molecule has 4 nitrogen and oxygen atoms in total. The zero-order chi connectivity index (χ0) is 21.4. The second kappa shape index (κ2) is 8.30. The van der Waals surface area contributed by atoms with Crippen LogP contribution < -0.4 is 10.2 Å². The van der Waals surface area contributed by atoms with Gasteiger partial charge in [-0.15, -0.1) is 4.72 Å². The lowest BCUT2D eigenvalue weighted by molar-refractivity contribution is -0.137. The SMILES string of the molecule is CCSc1oc2c([C@@H](C)N[S+]([O-])C(C)(C)C)cc(C(F)(F)F)cc2c(=O)c1C. The molecule has 0 saturated carbocycles. The zero-order valence-electron chi connectivity index (χ0n) is 16.6. The molecule has 0 aliphatic rings. The van der Waals surface area contributed by atoms with E-state index in [9.17, 15) is 22.5 Å². The van der Waals surface area contributed by atoms with Crippen LogP contribution in [0.1, 0.15) is 57.4 Å². The standard InChI is InChI=1S/C19H24F3NO3S2/c1-7-27-17-10(2)15(24)14-9-12(19(20,21)22)8-13(16(14)26-17)11(3)23-28(25)18(4,5)6/h8-9,11,23H,7H2,1-6H3/t11-,28?/m1/s1. The van der Waals surface area contributed by atoms with Crippen molar-refractivity contribution < 1.29 is 22.1 Å². The summed E-state index contributed by atoms with van der Waals surface area (Å²) in [5, 5.41) is 0.253. The maximum absolute atomic E-state index is 13.4. The van der Waals surface area contributed by atoms with Crippen molar-refractivity contribution >= 4 is 34.1 Å². The highest BCUT2D eigenvalue weighted by molar-refractivity contribution is 7.99. The van der Waals surface area contributed by atoms with Gasteiger partial charge in [0.1, 0.15) is 10.3 Å². The normalized spacial score (nSPS) is 15.1. The Labute approximate surface area is 169 Å². The first-order chi connectivity index (χ1) is 12.8. The van der Waals surface area contributed by atoms with Gasteiger partial charge in [0.05, 0.1) is 17.0 Å². The molecule has 0 amide bonds. The molecule has 156 valence electrons. The van der Waals surface area contributed by atoms with Gasteiger partial charge in [0.2, 0.25) is 0 Å². The topological polar surface area (TPSA) is 65.3 Å². The smallest absolute Gasteiger partial charge is 0.416 e. The third-order valence-electron chi connectivity index (χ3n) is 4.11. The third kappa shape index (κ3) is 4.87. The van der Waals surface area contributed by atoms with Gasteiger partial charge in [-0.25, -0.2) is 0 Å². The molecule has 1 N–H and O–H groups in total. The summed E-state index contributed by atoms with van der Waals surface area (Å²) < 4.78 is 60.8. The summed E-state index contributed by atoms with van der Waals surface area (Å²) in [6, 6.07) is 1.06. The predicted molar refractivity (Wildman–Crippen MR) is 108 cm³/mol. The van der Waals surface area contributed by atoms with Gasteiger partial charge in [0.25, 0.3) is 0 Å². The Morgan fingerprint density at radius 1 is 1.29 bits per heavy atom. The largest absolute Gasteiger partial charge is 0.598 e. The van der Waals surface area contributed by atoms with E-state index in [4.69, 9.17) is 4.42 Å². The second-order valence-corrected chi connectivity index (χ2v) is 10.7. The summed E-state index contributed by atoms with van der Waals surface area (Å²) in [5.41, 5.74) is -0.909. The van der Waals surface area contributed by atoms with Crippen molar-refractivity contribution in [3.63, 3.8) is 0 Å². The van der Waals surface area contributed by atoms with Crippen LogP contribution in [0, 0.1) is 6.92 Å². The number of nitrogens with one attached hydrogen (secondary N) is 1. The molecule has 0 bridgehead atoms. The fourth-order valence-corrected chi connectivity index (χ4v) is 4.07. The number of halogens is 3. The summed E-state index contributed by atoms with van der Waals surface area (Å²) in [6.45, 7) is 10.3. The summed E-state index contributed by atoms with van der Waals surface area (Å²) in [4.78, 5) is 12.7. The molecular weight excluding hydrogens is 411 g/mol. The van der Waals surface area contributed by atoms with Crippen molar-refractivity contribution in [1.82, 2.24) is 4.72 Å². The van der Waals surface area contributed by atoms with E-state index >= 15 is 0 Å².